The number of thiazole rings is 1. The van der Waals surface area contributed by atoms with Crippen LogP contribution in [0.25, 0.3) is 10.2 Å². The molecule has 1 saturated heterocycles. The van der Waals surface area contributed by atoms with Crippen LogP contribution in [0.15, 0.2) is 30.5 Å². The van der Waals surface area contributed by atoms with Crippen molar-refractivity contribution in [1.82, 2.24) is 14.9 Å². The molecule has 0 spiro atoms. The Morgan fingerprint density at radius 2 is 2.00 bits per heavy atom. The van der Waals surface area contributed by atoms with Gasteiger partial charge in [-0.25, -0.2) is 4.98 Å². The number of fused-ring (bicyclic) bond motifs is 2. The highest BCUT2D eigenvalue weighted by atomic mass is 32.1. The van der Waals surface area contributed by atoms with Gasteiger partial charge in [0.05, 0.1) is 16.1 Å². The first kappa shape index (κ1) is 17.3. The van der Waals surface area contributed by atoms with Crippen LogP contribution < -0.4 is 4.90 Å². The number of hydrogen-bond acceptors (Lipinski definition) is 5. The van der Waals surface area contributed by atoms with Crippen LogP contribution in [0.4, 0.5) is 5.13 Å². The summed E-state index contributed by atoms with van der Waals surface area (Å²) in [7, 11) is 0. The van der Waals surface area contributed by atoms with Gasteiger partial charge in [-0.15, -0.1) is 0 Å². The van der Waals surface area contributed by atoms with Crippen LogP contribution in [0.3, 0.4) is 0 Å². The molecule has 0 aliphatic carbocycles. The first-order valence-corrected chi connectivity index (χ1v) is 10.2. The molecule has 1 atom stereocenters. The SMILES string of the molecule is Cc1ccc2nc(N3CC(C(=O)N4Cc5cnc(C)cc5C4)CC3=O)sc2c1. The second-order valence-electron chi connectivity index (χ2n) is 7.66. The summed E-state index contributed by atoms with van der Waals surface area (Å²) in [5, 5.41) is 0.686. The van der Waals surface area contributed by atoms with Crippen molar-refractivity contribution in [2.24, 2.45) is 5.92 Å². The fourth-order valence-electron chi connectivity index (χ4n) is 4.01. The lowest BCUT2D eigenvalue weighted by atomic mass is 10.1. The molecule has 1 unspecified atom stereocenters. The summed E-state index contributed by atoms with van der Waals surface area (Å²) in [4.78, 5) is 38.1. The molecule has 2 amide bonds. The molecule has 0 saturated carbocycles. The Hall–Kier alpha value is -2.80. The molecule has 1 fully saturated rings. The molecule has 1 aromatic carbocycles. The van der Waals surface area contributed by atoms with Gasteiger partial charge < -0.3 is 4.90 Å². The highest BCUT2D eigenvalue weighted by Gasteiger charge is 2.39. The summed E-state index contributed by atoms with van der Waals surface area (Å²) in [6, 6.07) is 8.12. The largest absolute Gasteiger partial charge is 0.334 e. The summed E-state index contributed by atoms with van der Waals surface area (Å²) in [6.07, 6.45) is 2.10. The minimum absolute atomic E-state index is 0.0247. The second kappa shape index (κ2) is 6.38. The van der Waals surface area contributed by atoms with Gasteiger partial charge in [0.2, 0.25) is 11.8 Å². The number of nitrogens with zero attached hydrogens (tertiary/aromatic N) is 4. The predicted octanol–water partition coefficient (Wildman–Crippen LogP) is 3.20. The maximum atomic E-state index is 13.0. The fourth-order valence-corrected chi connectivity index (χ4v) is 5.10. The normalized spacial score (nSPS) is 18.9. The van der Waals surface area contributed by atoms with Crippen LogP contribution in [-0.4, -0.2) is 33.2 Å². The van der Waals surface area contributed by atoms with Gasteiger partial charge in [0, 0.05) is 37.9 Å². The number of benzene rings is 1. The number of hydrogen-bond donors (Lipinski definition) is 0. The molecule has 5 rings (SSSR count). The maximum Gasteiger partial charge on any atom is 0.229 e. The smallest absolute Gasteiger partial charge is 0.229 e. The van der Waals surface area contributed by atoms with E-state index in [1.165, 1.54) is 16.9 Å². The Labute approximate surface area is 166 Å². The Bertz CT molecular complexity index is 1120. The molecule has 2 aromatic heterocycles. The average molecular weight is 392 g/mol. The minimum Gasteiger partial charge on any atom is -0.334 e. The molecule has 6 nitrogen and oxygen atoms in total. The van der Waals surface area contributed by atoms with Gasteiger partial charge >= 0.3 is 0 Å². The molecule has 3 aromatic rings. The summed E-state index contributed by atoms with van der Waals surface area (Å²) < 4.78 is 1.07. The van der Waals surface area contributed by atoms with E-state index in [0.717, 1.165) is 27.0 Å². The summed E-state index contributed by atoms with van der Waals surface area (Å²) >= 11 is 1.51. The number of pyridine rings is 1. The fraction of sp³-hybridized carbons (Fsp3) is 0.333. The van der Waals surface area contributed by atoms with Gasteiger partial charge in [0.1, 0.15) is 0 Å². The van der Waals surface area contributed by atoms with Crippen LogP contribution >= 0.6 is 11.3 Å². The number of amides is 2. The van der Waals surface area contributed by atoms with Crippen molar-refractivity contribution in [3.05, 3.63) is 52.8 Å². The predicted molar refractivity (Wildman–Crippen MR) is 108 cm³/mol. The van der Waals surface area contributed by atoms with Crippen LogP contribution in [-0.2, 0) is 22.7 Å². The first-order chi connectivity index (χ1) is 13.5. The van der Waals surface area contributed by atoms with Crippen molar-refractivity contribution < 1.29 is 9.59 Å². The van der Waals surface area contributed by atoms with Gasteiger partial charge in [0.25, 0.3) is 0 Å². The van der Waals surface area contributed by atoms with E-state index in [-0.39, 0.29) is 24.2 Å². The summed E-state index contributed by atoms with van der Waals surface area (Å²) in [6.45, 7) is 5.58. The molecule has 0 radical (unpaired) electrons. The van der Waals surface area contributed by atoms with Crippen LogP contribution in [0, 0.1) is 19.8 Å². The molecule has 0 bridgehead atoms. The third-order valence-electron chi connectivity index (χ3n) is 5.49. The molecule has 0 N–H and O–H groups in total. The second-order valence-corrected chi connectivity index (χ2v) is 8.67. The van der Waals surface area contributed by atoms with Crippen LogP contribution in [0.1, 0.15) is 28.8 Å². The van der Waals surface area contributed by atoms with Gasteiger partial charge in [0.15, 0.2) is 5.13 Å². The third kappa shape index (κ3) is 2.86. The number of rotatable bonds is 2. The number of aryl methyl sites for hydroxylation is 2. The Balaban J connectivity index is 1.34. The van der Waals surface area contributed by atoms with E-state index in [9.17, 15) is 9.59 Å². The van der Waals surface area contributed by atoms with E-state index < -0.39 is 0 Å². The zero-order chi connectivity index (χ0) is 19.4. The van der Waals surface area contributed by atoms with Gasteiger partial charge in [-0.1, -0.05) is 17.4 Å². The van der Waals surface area contributed by atoms with Crippen molar-refractivity contribution in [2.45, 2.75) is 33.4 Å². The summed E-state index contributed by atoms with van der Waals surface area (Å²) in [5.41, 5.74) is 5.28. The topological polar surface area (TPSA) is 66.4 Å². The molecular formula is C21H20N4O2S. The number of carbonyl (C=O) groups is 2. The first-order valence-electron chi connectivity index (χ1n) is 9.38. The van der Waals surface area contributed by atoms with E-state index in [1.807, 2.05) is 43.1 Å². The van der Waals surface area contributed by atoms with Crippen molar-refractivity contribution in [2.75, 3.05) is 11.4 Å². The van der Waals surface area contributed by atoms with E-state index >= 15 is 0 Å². The minimum atomic E-state index is -0.315. The van der Waals surface area contributed by atoms with Crippen LogP contribution in [0.2, 0.25) is 0 Å². The van der Waals surface area contributed by atoms with E-state index in [4.69, 9.17) is 0 Å². The van der Waals surface area contributed by atoms with Gasteiger partial charge in [-0.05, 0) is 48.7 Å². The Morgan fingerprint density at radius 3 is 2.86 bits per heavy atom. The molecule has 142 valence electrons. The summed E-state index contributed by atoms with van der Waals surface area (Å²) in [5.74, 6) is -0.297. The van der Waals surface area contributed by atoms with Crippen molar-refractivity contribution in [1.29, 1.82) is 0 Å². The van der Waals surface area contributed by atoms with E-state index in [0.29, 0.717) is 24.8 Å². The molecule has 4 heterocycles. The lowest BCUT2D eigenvalue weighted by Crippen LogP contribution is -2.34. The number of anilines is 1. The zero-order valence-electron chi connectivity index (χ0n) is 15.8. The Kier molecular flexibility index (Phi) is 3.94. The standard InChI is InChI=1S/C21H20N4O2S/c1-12-3-4-17-18(5-12)28-21(23-17)25-11-15(7-19(25)26)20(27)24-9-14-6-13(2)22-8-16(14)10-24/h3-6,8,15H,7,9-11H2,1-2H3. The number of aromatic nitrogens is 2. The average Bonchev–Trinajstić information content (AvgIpc) is 3.36. The molecule has 2 aliphatic heterocycles. The van der Waals surface area contributed by atoms with Gasteiger partial charge in [-0.3, -0.25) is 19.5 Å². The zero-order valence-corrected chi connectivity index (χ0v) is 16.6. The molecular weight excluding hydrogens is 372 g/mol. The van der Waals surface area contributed by atoms with Crippen molar-refractivity contribution in [3.63, 3.8) is 0 Å². The van der Waals surface area contributed by atoms with Gasteiger partial charge in [-0.2, -0.15) is 0 Å². The third-order valence-corrected chi connectivity index (χ3v) is 6.53. The lowest BCUT2D eigenvalue weighted by molar-refractivity contribution is -0.136. The maximum absolute atomic E-state index is 13.0. The highest BCUT2D eigenvalue weighted by Crippen LogP contribution is 2.34. The highest BCUT2D eigenvalue weighted by molar-refractivity contribution is 7.22. The van der Waals surface area contributed by atoms with Crippen molar-refractivity contribution in [3.8, 4) is 0 Å². The number of carbonyl (C=O) groups excluding carboxylic acids is 2. The van der Waals surface area contributed by atoms with Crippen LogP contribution in [0.5, 0.6) is 0 Å². The monoisotopic (exact) mass is 392 g/mol. The molecule has 2 aliphatic rings. The lowest BCUT2D eigenvalue weighted by Gasteiger charge is -2.19. The quantitative estimate of drug-likeness (QED) is 0.672. The van der Waals surface area contributed by atoms with E-state index in [2.05, 4.69) is 16.0 Å². The Morgan fingerprint density at radius 1 is 1.18 bits per heavy atom. The van der Waals surface area contributed by atoms with E-state index in [1.54, 1.807) is 4.90 Å². The van der Waals surface area contributed by atoms with Crippen molar-refractivity contribution >= 4 is 38.5 Å². The molecule has 7 heteroatoms. The molecule has 28 heavy (non-hydrogen) atoms.